The normalized spacial score (nSPS) is 19.6. The van der Waals surface area contributed by atoms with Crippen molar-refractivity contribution < 1.29 is 9.13 Å². The summed E-state index contributed by atoms with van der Waals surface area (Å²) in [6, 6.07) is 6.22. The molecule has 1 unspecified atom stereocenters. The predicted octanol–water partition coefficient (Wildman–Crippen LogP) is 1.58. The van der Waals surface area contributed by atoms with E-state index in [1.807, 2.05) is 6.07 Å². The summed E-state index contributed by atoms with van der Waals surface area (Å²) in [6.45, 7) is 2.18. The first-order valence-electron chi connectivity index (χ1n) is 5.30. The van der Waals surface area contributed by atoms with Gasteiger partial charge in [0.2, 0.25) is 0 Å². The van der Waals surface area contributed by atoms with Crippen molar-refractivity contribution in [2.24, 2.45) is 0 Å². The number of hydrogen-bond acceptors (Lipinski definition) is 3. The van der Waals surface area contributed by atoms with Crippen LogP contribution in [-0.2, 0) is 11.3 Å². The van der Waals surface area contributed by atoms with E-state index in [0.717, 1.165) is 19.5 Å². The molecule has 1 saturated heterocycles. The van der Waals surface area contributed by atoms with Crippen molar-refractivity contribution in [2.45, 2.75) is 19.1 Å². The summed E-state index contributed by atoms with van der Waals surface area (Å²) < 4.78 is 18.7. The van der Waals surface area contributed by atoms with Gasteiger partial charge in [0.1, 0.15) is 5.82 Å². The average molecular weight is 220 g/mol. The molecule has 1 heterocycles. The van der Waals surface area contributed by atoms with Gasteiger partial charge in [-0.05, 0) is 36.7 Å². The van der Waals surface area contributed by atoms with E-state index in [1.165, 1.54) is 12.1 Å². The lowest BCUT2D eigenvalue weighted by Crippen LogP contribution is -2.16. The lowest BCUT2D eigenvalue weighted by Gasteiger charge is -2.10. The fourth-order valence-corrected chi connectivity index (χ4v) is 1.78. The molecular weight excluding hydrogens is 207 g/mol. The van der Waals surface area contributed by atoms with Gasteiger partial charge < -0.3 is 10.1 Å². The zero-order valence-electron chi connectivity index (χ0n) is 8.87. The molecule has 1 N–H and O–H groups in total. The third-order valence-corrected chi connectivity index (χ3v) is 2.59. The third kappa shape index (κ3) is 2.78. The SMILES string of the molecule is N#Cc1cc(F)cc(COC2CCNC2)c1. The minimum absolute atomic E-state index is 0.203. The summed E-state index contributed by atoms with van der Waals surface area (Å²) in [4.78, 5) is 0. The van der Waals surface area contributed by atoms with E-state index in [9.17, 15) is 4.39 Å². The summed E-state index contributed by atoms with van der Waals surface area (Å²) in [5.74, 6) is -0.387. The van der Waals surface area contributed by atoms with Crippen LogP contribution < -0.4 is 5.32 Å². The van der Waals surface area contributed by atoms with Crippen LogP contribution in [0.4, 0.5) is 4.39 Å². The molecule has 0 saturated carbocycles. The first-order valence-corrected chi connectivity index (χ1v) is 5.30. The maximum Gasteiger partial charge on any atom is 0.124 e. The highest BCUT2D eigenvalue weighted by Crippen LogP contribution is 2.12. The Kier molecular flexibility index (Phi) is 3.50. The van der Waals surface area contributed by atoms with Gasteiger partial charge in [0.15, 0.2) is 0 Å². The predicted molar refractivity (Wildman–Crippen MR) is 57.2 cm³/mol. The van der Waals surface area contributed by atoms with Crippen LogP contribution in [0, 0.1) is 17.1 Å². The molecule has 1 atom stereocenters. The Hall–Kier alpha value is -1.44. The van der Waals surface area contributed by atoms with Crippen molar-refractivity contribution in [3.05, 3.63) is 35.1 Å². The fourth-order valence-electron chi connectivity index (χ4n) is 1.78. The number of nitrogens with zero attached hydrogens (tertiary/aromatic N) is 1. The number of nitrogens with one attached hydrogen (secondary N) is 1. The zero-order valence-corrected chi connectivity index (χ0v) is 8.87. The number of halogens is 1. The Bertz CT molecular complexity index is 408. The highest BCUT2D eigenvalue weighted by atomic mass is 19.1. The van der Waals surface area contributed by atoms with E-state index >= 15 is 0 Å². The molecular formula is C12H13FN2O. The molecule has 1 aliphatic heterocycles. The molecule has 0 aliphatic carbocycles. The summed E-state index contributed by atoms with van der Waals surface area (Å²) in [5, 5.41) is 11.9. The number of ether oxygens (including phenoxy) is 1. The highest BCUT2D eigenvalue weighted by Gasteiger charge is 2.14. The van der Waals surface area contributed by atoms with Crippen LogP contribution in [0.1, 0.15) is 17.5 Å². The van der Waals surface area contributed by atoms with Gasteiger partial charge in [-0.3, -0.25) is 0 Å². The van der Waals surface area contributed by atoms with Gasteiger partial charge in [-0.2, -0.15) is 5.26 Å². The summed E-state index contributed by atoms with van der Waals surface area (Å²) >= 11 is 0. The monoisotopic (exact) mass is 220 g/mol. The minimum atomic E-state index is -0.387. The largest absolute Gasteiger partial charge is 0.372 e. The van der Waals surface area contributed by atoms with Crippen LogP contribution >= 0.6 is 0 Å². The number of hydrogen-bond donors (Lipinski definition) is 1. The van der Waals surface area contributed by atoms with Crippen LogP contribution in [0.3, 0.4) is 0 Å². The minimum Gasteiger partial charge on any atom is -0.372 e. The number of nitriles is 1. The van der Waals surface area contributed by atoms with E-state index in [2.05, 4.69) is 5.32 Å². The highest BCUT2D eigenvalue weighted by molar-refractivity contribution is 5.33. The topological polar surface area (TPSA) is 45.0 Å². The van der Waals surface area contributed by atoms with Gasteiger partial charge >= 0.3 is 0 Å². The zero-order chi connectivity index (χ0) is 11.4. The van der Waals surface area contributed by atoms with E-state index in [0.29, 0.717) is 17.7 Å². The van der Waals surface area contributed by atoms with Crippen molar-refractivity contribution in [2.75, 3.05) is 13.1 Å². The Morgan fingerprint density at radius 2 is 2.38 bits per heavy atom. The van der Waals surface area contributed by atoms with Crippen molar-refractivity contribution in [1.82, 2.24) is 5.32 Å². The maximum atomic E-state index is 13.1. The maximum absolute atomic E-state index is 13.1. The molecule has 1 aliphatic rings. The molecule has 0 bridgehead atoms. The third-order valence-electron chi connectivity index (χ3n) is 2.59. The molecule has 16 heavy (non-hydrogen) atoms. The smallest absolute Gasteiger partial charge is 0.124 e. The lowest BCUT2D eigenvalue weighted by atomic mass is 10.1. The summed E-state index contributed by atoms with van der Waals surface area (Å²) in [5.41, 5.74) is 1.05. The lowest BCUT2D eigenvalue weighted by molar-refractivity contribution is 0.0541. The molecule has 0 aromatic heterocycles. The molecule has 4 heteroatoms. The molecule has 1 aromatic rings. The van der Waals surface area contributed by atoms with Crippen LogP contribution in [0.5, 0.6) is 0 Å². The van der Waals surface area contributed by atoms with Gasteiger partial charge in [-0.25, -0.2) is 4.39 Å². The quantitative estimate of drug-likeness (QED) is 0.841. The van der Waals surface area contributed by atoms with Gasteiger partial charge in [0, 0.05) is 6.54 Å². The van der Waals surface area contributed by atoms with E-state index in [-0.39, 0.29) is 11.9 Å². The van der Waals surface area contributed by atoms with Crippen molar-refractivity contribution in [3.63, 3.8) is 0 Å². The molecule has 84 valence electrons. The van der Waals surface area contributed by atoms with Crippen LogP contribution in [0.25, 0.3) is 0 Å². The Morgan fingerprint density at radius 1 is 1.50 bits per heavy atom. The second kappa shape index (κ2) is 5.06. The average Bonchev–Trinajstić information content (AvgIpc) is 2.78. The van der Waals surface area contributed by atoms with Crippen molar-refractivity contribution in [3.8, 4) is 6.07 Å². The van der Waals surface area contributed by atoms with Crippen LogP contribution in [0.2, 0.25) is 0 Å². The van der Waals surface area contributed by atoms with E-state index in [4.69, 9.17) is 10.00 Å². The number of rotatable bonds is 3. The molecule has 3 nitrogen and oxygen atoms in total. The second-order valence-corrected chi connectivity index (χ2v) is 3.89. The molecule has 2 rings (SSSR count). The first-order chi connectivity index (χ1) is 7.78. The Labute approximate surface area is 93.8 Å². The van der Waals surface area contributed by atoms with Gasteiger partial charge in [0.05, 0.1) is 24.3 Å². The van der Waals surface area contributed by atoms with Gasteiger partial charge in [-0.1, -0.05) is 0 Å². The molecule has 0 amide bonds. The Morgan fingerprint density at radius 3 is 3.06 bits per heavy atom. The van der Waals surface area contributed by atoms with Crippen molar-refractivity contribution >= 4 is 0 Å². The van der Waals surface area contributed by atoms with Gasteiger partial charge in [0.25, 0.3) is 0 Å². The van der Waals surface area contributed by atoms with E-state index in [1.54, 1.807) is 6.07 Å². The summed E-state index contributed by atoms with van der Waals surface area (Å²) in [6.07, 6.45) is 1.19. The van der Waals surface area contributed by atoms with Crippen LogP contribution in [0.15, 0.2) is 18.2 Å². The standard InChI is InChI=1S/C12H13FN2O/c13-11-4-9(6-14)3-10(5-11)8-16-12-1-2-15-7-12/h3-5,12,15H,1-2,7-8H2. The Balaban J connectivity index is 1.98. The fraction of sp³-hybridized carbons (Fsp3) is 0.417. The van der Waals surface area contributed by atoms with E-state index < -0.39 is 0 Å². The second-order valence-electron chi connectivity index (χ2n) is 3.89. The molecule has 1 fully saturated rings. The summed E-state index contributed by atoms with van der Waals surface area (Å²) in [7, 11) is 0. The molecule has 0 radical (unpaired) electrons. The molecule has 1 aromatic carbocycles. The molecule has 0 spiro atoms. The van der Waals surface area contributed by atoms with Crippen molar-refractivity contribution in [1.29, 1.82) is 5.26 Å². The number of benzene rings is 1. The van der Waals surface area contributed by atoms with Gasteiger partial charge in [-0.15, -0.1) is 0 Å². The van der Waals surface area contributed by atoms with Crippen LogP contribution in [-0.4, -0.2) is 19.2 Å². The first kappa shape index (κ1) is 11.1.